The van der Waals surface area contributed by atoms with Gasteiger partial charge in [0, 0.05) is 25.4 Å². The maximum Gasteiger partial charge on any atom is 0.409 e. The van der Waals surface area contributed by atoms with Crippen molar-refractivity contribution in [1.29, 1.82) is 0 Å². The number of likely N-dealkylation sites (tertiary alicyclic amines) is 1. The Morgan fingerprint density at radius 2 is 1.62 bits per heavy atom. The van der Waals surface area contributed by atoms with Crippen LogP contribution in [0.2, 0.25) is 0 Å². The highest BCUT2D eigenvalue weighted by Gasteiger charge is 2.46. The number of halogens is 2. The molecule has 1 fully saturated rings. The van der Waals surface area contributed by atoms with E-state index in [1.54, 1.807) is 0 Å². The number of carbonyl (C=O) groups is 2. The Morgan fingerprint density at radius 1 is 1.03 bits per heavy atom. The van der Waals surface area contributed by atoms with Gasteiger partial charge in [0.05, 0.1) is 0 Å². The minimum Gasteiger partial charge on any atom is -0.481 e. The number of amides is 1. The van der Waals surface area contributed by atoms with Crippen LogP contribution in [0.25, 0.3) is 11.1 Å². The van der Waals surface area contributed by atoms with Crippen molar-refractivity contribution in [3.05, 3.63) is 59.7 Å². The molecular weight excluding hydrogens is 380 g/mol. The molecule has 1 heterocycles. The summed E-state index contributed by atoms with van der Waals surface area (Å²) in [5.74, 6) is -6.78. The Labute approximate surface area is 166 Å². The van der Waals surface area contributed by atoms with Crippen LogP contribution in [0.1, 0.15) is 29.9 Å². The Balaban J connectivity index is 1.46. The minimum absolute atomic E-state index is 0.0662. The number of benzene rings is 2. The number of alkyl halides is 2. The lowest BCUT2D eigenvalue weighted by molar-refractivity contribution is -0.157. The number of hydrogen-bond acceptors (Lipinski definition) is 3. The lowest BCUT2D eigenvalue weighted by atomic mass is 9.97. The molecule has 1 amide bonds. The van der Waals surface area contributed by atoms with Gasteiger partial charge in [-0.2, -0.15) is 0 Å². The summed E-state index contributed by atoms with van der Waals surface area (Å²) >= 11 is 0. The number of aliphatic carboxylic acids is 1. The first kappa shape index (κ1) is 19.4. The average molecular weight is 401 g/mol. The largest absolute Gasteiger partial charge is 0.481 e. The number of nitrogens with zero attached hydrogens (tertiary/aromatic N) is 1. The predicted molar refractivity (Wildman–Crippen MR) is 102 cm³/mol. The molecule has 0 spiro atoms. The average Bonchev–Trinajstić information content (AvgIpc) is 2.91. The molecule has 0 saturated carbocycles. The smallest absolute Gasteiger partial charge is 0.409 e. The molecule has 0 radical (unpaired) electrons. The van der Waals surface area contributed by atoms with E-state index in [4.69, 9.17) is 9.84 Å². The molecule has 1 aliphatic carbocycles. The van der Waals surface area contributed by atoms with Gasteiger partial charge in [-0.15, -0.1) is 0 Å². The van der Waals surface area contributed by atoms with Gasteiger partial charge in [-0.25, -0.2) is 13.6 Å². The van der Waals surface area contributed by atoms with E-state index in [0.717, 1.165) is 22.3 Å². The zero-order chi connectivity index (χ0) is 20.6. The van der Waals surface area contributed by atoms with Gasteiger partial charge in [-0.3, -0.25) is 4.79 Å². The number of rotatable bonds is 3. The summed E-state index contributed by atoms with van der Waals surface area (Å²) in [7, 11) is 0. The highest BCUT2D eigenvalue weighted by Crippen LogP contribution is 2.44. The summed E-state index contributed by atoms with van der Waals surface area (Å²) < 4.78 is 33.5. The maximum atomic E-state index is 14.0. The molecule has 2 aromatic carbocycles. The Bertz CT molecular complexity index is 900. The summed E-state index contributed by atoms with van der Waals surface area (Å²) in [5.41, 5.74) is 4.33. The Hall–Kier alpha value is -2.96. The molecule has 29 heavy (non-hydrogen) atoms. The van der Waals surface area contributed by atoms with Gasteiger partial charge in [-0.05, 0) is 28.7 Å². The van der Waals surface area contributed by atoms with Crippen LogP contribution < -0.4 is 0 Å². The van der Waals surface area contributed by atoms with E-state index in [2.05, 4.69) is 0 Å². The van der Waals surface area contributed by atoms with Crippen molar-refractivity contribution >= 4 is 12.1 Å². The van der Waals surface area contributed by atoms with Crippen LogP contribution >= 0.6 is 0 Å². The monoisotopic (exact) mass is 401 g/mol. The minimum atomic E-state index is -3.34. The third-order valence-electron chi connectivity index (χ3n) is 5.80. The molecule has 7 heteroatoms. The summed E-state index contributed by atoms with van der Waals surface area (Å²) in [6, 6.07) is 15.8. The highest BCUT2D eigenvalue weighted by atomic mass is 19.3. The standard InChI is InChI=1S/C22H21F2NO4/c23-22(24)10-12-25(11-9-19(22)20(26)27)21(28)29-13-18-16-7-3-1-5-14(16)15-6-2-4-8-17(15)18/h1-8,18-19H,9-13H2,(H,26,27). The topological polar surface area (TPSA) is 66.8 Å². The fourth-order valence-corrected chi connectivity index (χ4v) is 4.24. The Kier molecular flexibility index (Phi) is 4.98. The first-order chi connectivity index (χ1) is 13.9. The fraction of sp³-hybridized carbons (Fsp3) is 0.364. The van der Waals surface area contributed by atoms with Crippen molar-refractivity contribution in [1.82, 2.24) is 4.90 Å². The van der Waals surface area contributed by atoms with Crippen LogP contribution in [0.3, 0.4) is 0 Å². The van der Waals surface area contributed by atoms with Gasteiger partial charge < -0.3 is 14.7 Å². The Morgan fingerprint density at radius 3 is 2.21 bits per heavy atom. The molecule has 1 atom stereocenters. The zero-order valence-corrected chi connectivity index (χ0v) is 15.7. The SMILES string of the molecule is O=C(O)C1CCN(C(=O)OCC2c3ccccc3-c3ccccc32)CCC1(F)F. The number of carboxylic acid groups (broad SMARTS) is 1. The second-order valence-corrected chi connectivity index (χ2v) is 7.48. The fourth-order valence-electron chi connectivity index (χ4n) is 4.24. The van der Waals surface area contributed by atoms with E-state index in [-0.39, 0.29) is 32.0 Å². The summed E-state index contributed by atoms with van der Waals surface area (Å²) in [4.78, 5) is 24.8. The van der Waals surface area contributed by atoms with Gasteiger partial charge in [0.15, 0.2) is 0 Å². The van der Waals surface area contributed by atoms with Crippen LogP contribution in [-0.4, -0.2) is 47.7 Å². The van der Waals surface area contributed by atoms with Gasteiger partial charge in [0.1, 0.15) is 12.5 Å². The number of ether oxygens (including phenoxy) is 1. The van der Waals surface area contributed by atoms with Crippen molar-refractivity contribution in [2.45, 2.75) is 24.7 Å². The van der Waals surface area contributed by atoms with Gasteiger partial charge in [0.2, 0.25) is 0 Å². The quantitative estimate of drug-likeness (QED) is 0.830. The third-order valence-corrected chi connectivity index (χ3v) is 5.80. The lowest BCUT2D eigenvalue weighted by Crippen LogP contribution is -2.34. The maximum absolute atomic E-state index is 14.0. The number of fused-ring (bicyclic) bond motifs is 3. The van der Waals surface area contributed by atoms with Gasteiger partial charge in [0.25, 0.3) is 5.92 Å². The second-order valence-electron chi connectivity index (χ2n) is 7.48. The predicted octanol–water partition coefficient (Wildman–Crippen LogP) is 4.37. The molecule has 1 aliphatic heterocycles. The third kappa shape index (κ3) is 3.57. The number of hydrogen-bond donors (Lipinski definition) is 1. The van der Waals surface area contributed by atoms with Crippen LogP contribution in [-0.2, 0) is 9.53 Å². The van der Waals surface area contributed by atoms with E-state index < -0.39 is 30.3 Å². The normalized spacial score (nSPS) is 20.5. The van der Waals surface area contributed by atoms with E-state index in [1.807, 2.05) is 48.5 Å². The van der Waals surface area contributed by atoms with Gasteiger partial charge in [-0.1, -0.05) is 48.5 Å². The van der Waals surface area contributed by atoms with Crippen LogP contribution in [0, 0.1) is 5.92 Å². The first-order valence-corrected chi connectivity index (χ1v) is 9.59. The van der Waals surface area contributed by atoms with Crippen molar-refractivity contribution in [3.8, 4) is 11.1 Å². The van der Waals surface area contributed by atoms with Crippen molar-refractivity contribution in [2.75, 3.05) is 19.7 Å². The van der Waals surface area contributed by atoms with Crippen molar-refractivity contribution < 1.29 is 28.2 Å². The van der Waals surface area contributed by atoms with E-state index in [0.29, 0.717) is 0 Å². The van der Waals surface area contributed by atoms with E-state index in [9.17, 15) is 18.4 Å². The summed E-state index contributed by atoms with van der Waals surface area (Å²) in [6.07, 6.45) is -1.67. The first-order valence-electron chi connectivity index (χ1n) is 9.59. The van der Waals surface area contributed by atoms with Crippen molar-refractivity contribution in [3.63, 3.8) is 0 Å². The lowest BCUT2D eigenvalue weighted by Gasteiger charge is -2.22. The van der Waals surface area contributed by atoms with Crippen LogP contribution in [0.4, 0.5) is 13.6 Å². The highest BCUT2D eigenvalue weighted by molar-refractivity contribution is 5.79. The molecule has 2 aliphatic rings. The molecular formula is C22H21F2NO4. The molecule has 1 unspecified atom stereocenters. The number of carboxylic acids is 1. The molecule has 0 aromatic heterocycles. The summed E-state index contributed by atoms with van der Waals surface area (Å²) in [6.45, 7) is -0.196. The number of carbonyl (C=O) groups excluding carboxylic acids is 1. The van der Waals surface area contributed by atoms with Crippen LogP contribution in [0.5, 0.6) is 0 Å². The second kappa shape index (κ2) is 7.46. The molecule has 0 bridgehead atoms. The van der Waals surface area contributed by atoms with Gasteiger partial charge >= 0.3 is 12.1 Å². The van der Waals surface area contributed by atoms with E-state index >= 15 is 0 Å². The molecule has 1 saturated heterocycles. The van der Waals surface area contributed by atoms with Crippen LogP contribution in [0.15, 0.2) is 48.5 Å². The van der Waals surface area contributed by atoms with E-state index in [1.165, 1.54) is 4.90 Å². The molecule has 5 nitrogen and oxygen atoms in total. The molecule has 152 valence electrons. The van der Waals surface area contributed by atoms with Crippen molar-refractivity contribution in [2.24, 2.45) is 5.92 Å². The molecule has 4 rings (SSSR count). The molecule has 1 N–H and O–H groups in total. The summed E-state index contributed by atoms with van der Waals surface area (Å²) in [5, 5.41) is 9.04. The molecule has 2 aromatic rings. The zero-order valence-electron chi connectivity index (χ0n) is 15.7.